The lowest BCUT2D eigenvalue weighted by atomic mass is 10.6. The third kappa shape index (κ3) is 5.59. The minimum atomic E-state index is -0.610. The fourth-order valence-corrected chi connectivity index (χ4v) is 0.189. The average Bonchev–Trinajstić information content (AvgIpc) is 1.61. The number of aliphatic hydroxyl groups is 1. The summed E-state index contributed by atoms with van der Waals surface area (Å²) in [4.78, 5) is 9.41. The van der Waals surface area contributed by atoms with Gasteiger partial charge in [0.05, 0.1) is 6.54 Å². The van der Waals surface area contributed by atoms with E-state index in [0.29, 0.717) is 0 Å². The van der Waals surface area contributed by atoms with Gasteiger partial charge in [0.25, 0.3) is 0 Å². The Balaban J connectivity index is 2.81. The lowest BCUT2D eigenvalue weighted by Crippen LogP contribution is -2.26. The minimum absolute atomic E-state index is 0.0949. The number of rotatable bonds is 3. The fraction of sp³-hybridized carbons (Fsp3) is 0.750. The first-order valence-corrected chi connectivity index (χ1v) is 2.04. The van der Waals surface area contributed by atoms with Gasteiger partial charge in [0, 0.05) is 0 Å². The third-order valence-corrected chi connectivity index (χ3v) is 0.470. The molecule has 0 spiro atoms. The van der Waals surface area contributed by atoms with Crippen LogP contribution in [0.2, 0.25) is 0 Å². The van der Waals surface area contributed by atoms with Gasteiger partial charge in [0.15, 0.2) is 0 Å². The van der Waals surface area contributed by atoms with E-state index in [4.69, 9.17) is 5.11 Å². The molecule has 0 bridgehead atoms. The maximum Gasteiger partial charge on any atom is 0.213 e. The molecule has 3 heteroatoms. The largest absolute Gasteiger partial charge is 0.379 e. The van der Waals surface area contributed by atoms with Crippen LogP contribution in [-0.4, -0.2) is 24.2 Å². The Morgan fingerprint density at radius 2 is 2.57 bits per heavy atom. The summed E-state index contributed by atoms with van der Waals surface area (Å²) in [6.07, 6.45) is 0.968. The Kier molecular flexibility index (Phi) is 3.55. The molecule has 0 saturated heterocycles. The second-order valence-electron chi connectivity index (χ2n) is 1.20. The Morgan fingerprint density at radius 1 is 2.00 bits per heavy atom. The summed E-state index contributed by atoms with van der Waals surface area (Å²) in [7, 11) is 0. The van der Waals surface area contributed by atoms with Crippen LogP contribution in [0, 0.1) is 0 Å². The summed E-state index contributed by atoms with van der Waals surface area (Å²) in [6.45, 7) is 1.63. The number of hydrogen-bond acceptors (Lipinski definition) is 3. The molecule has 7 heavy (non-hydrogen) atoms. The first-order chi connectivity index (χ1) is 3.27. The number of nitrogens with one attached hydrogen (secondary N) is 1. The van der Waals surface area contributed by atoms with Crippen LogP contribution in [0.4, 0.5) is 0 Å². The van der Waals surface area contributed by atoms with Gasteiger partial charge in [-0.3, -0.25) is 10.1 Å². The predicted octanol–water partition coefficient (Wildman–Crippen LogP) is -0.976. The molecule has 1 atom stereocenters. The topological polar surface area (TPSA) is 49.3 Å². The van der Waals surface area contributed by atoms with Gasteiger partial charge in [-0.05, 0) is 6.92 Å². The lowest BCUT2D eigenvalue weighted by Gasteiger charge is -1.99. The van der Waals surface area contributed by atoms with E-state index in [0.717, 1.165) is 0 Å². The van der Waals surface area contributed by atoms with Gasteiger partial charge in [0.2, 0.25) is 6.29 Å². The monoisotopic (exact) mass is 102 g/mol. The number of hydrogen-bond donors (Lipinski definition) is 2. The standard InChI is InChI=1S/C4H8NO2/c1-4(7)5-2-3-6/h4-5,7H,2H2,1H3. The second kappa shape index (κ2) is 3.77. The molecule has 0 rings (SSSR count). The second-order valence-corrected chi connectivity index (χ2v) is 1.20. The van der Waals surface area contributed by atoms with E-state index in [1.807, 2.05) is 0 Å². The third-order valence-electron chi connectivity index (χ3n) is 0.470. The van der Waals surface area contributed by atoms with E-state index in [1.54, 1.807) is 6.29 Å². The van der Waals surface area contributed by atoms with E-state index in [9.17, 15) is 4.79 Å². The molecule has 0 aliphatic carbocycles. The molecule has 0 aromatic rings. The Morgan fingerprint density at radius 3 is 2.71 bits per heavy atom. The van der Waals surface area contributed by atoms with Gasteiger partial charge in [0.1, 0.15) is 6.23 Å². The summed E-state index contributed by atoms with van der Waals surface area (Å²) in [5, 5.41) is 10.8. The summed E-state index contributed by atoms with van der Waals surface area (Å²) < 4.78 is 0. The van der Waals surface area contributed by atoms with Crippen molar-refractivity contribution < 1.29 is 9.90 Å². The summed E-state index contributed by atoms with van der Waals surface area (Å²) in [6, 6.07) is 0. The highest BCUT2D eigenvalue weighted by atomic mass is 16.3. The zero-order valence-electron chi connectivity index (χ0n) is 4.14. The molecule has 0 fully saturated rings. The smallest absolute Gasteiger partial charge is 0.213 e. The summed E-state index contributed by atoms with van der Waals surface area (Å²) >= 11 is 0. The first-order valence-electron chi connectivity index (χ1n) is 2.04. The molecule has 0 aromatic heterocycles. The Labute approximate surface area is 42.3 Å². The molecule has 0 saturated carbocycles. The van der Waals surface area contributed by atoms with Gasteiger partial charge in [-0.25, -0.2) is 0 Å². The van der Waals surface area contributed by atoms with Crippen LogP contribution in [-0.2, 0) is 4.79 Å². The fourth-order valence-electron chi connectivity index (χ4n) is 0.189. The predicted molar refractivity (Wildman–Crippen MR) is 25.4 cm³/mol. The molecule has 2 N–H and O–H groups in total. The van der Waals surface area contributed by atoms with Crippen LogP contribution in [0.3, 0.4) is 0 Å². The summed E-state index contributed by atoms with van der Waals surface area (Å²) in [5.74, 6) is 0. The molecule has 41 valence electrons. The molecule has 0 amide bonds. The maximum absolute atomic E-state index is 9.41. The molecule has 0 aromatic carbocycles. The highest BCUT2D eigenvalue weighted by Gasteiger charge is 1.87. The van der Waals surface area contributed by atoms with Crippen molar-refractivity contribution in [3.63, 3.8) is 0 Å². The zero-order valence-corrected chi connectivity index (χ0v) is 4.14. The van der Waals surface area contributed by atoms with Crippen molar-refractivity contribution in [2.75, 3.05) is 6.54 Å². The molecule has 0 aliphatic heterocycles. The highest BCUT2D eigenvalue weighted by molar-refractivity contribution is 5.52. The maximum atomic E-state index is 9.41. The minimum Gasteiger partial charge on any atom is -0.379 e. The van der Waals surface area contributed by atoms with E-state index in [2.05, 4.69) is 5.32 Å². The van der Waals surface area contributed by atoms with Crippen molar-refractivity contribution in [1.82, 2.24) is 5.32 Å². The van der Waals surface area contributed by atoms with Crippen LogP contribution in [0.15, 0.2) is 0 Å². The number of carbonyl (C=O) groups excluding carboxylic acids is 1. The van der Waals surface area contributed by atoms with Crippen molar-refractivity contribution in [1.29, 1.82) is 0 Å². The van der Waals surface area contributed by atoms with Crippen LogP contribution < -0.4 is 5.32 Å². The van der Waals surface area contributed by atoms with E-state index >= 15 is 0 Å². The molecular formula is C4H8NO2. The molecule has 1 unspecified atom stereocenters. The number of aliphatic hydroxyl groups excluding tert-OH is 1. The van der Waals surface area contributed by atoms with Crippen LogP contribution >= 0.6 is 0 Å². The van der Waals surface area contributed by atoms with Crippen molar-refractivity contribution in [3.05, 3.63) is 0 Å². The van der Waals surface area contributed by atoms with E-state index in [1.165, 1.54) is 6.92 Å². The van der Waals surface area contributed by atoms with Crippen LogP contribution in [0.1, 0.15) is 6.92 Å². The average molecular weight is 102 g/mol. The van der Waals surface area contributed by atoms with Crippen molar-refractivity contribution in [2.24, 2.45) is 0 Å². The highest BCUT2D eigenvalue weighted by Crippen LogP contribution is 1.64. The van der Waals surface area contributed by atoms with Gasteiger partial charge < -0.3 is 5.11 Å². The van der Waals surface area contributed by atoms with Crippen molar-refractivity contribution in [3.8, 4) is 0 Å². The van der Waals surface area contributed by atoms with E-state index in [-0.39, 0.29) is 6.54 Å². The molecule has 0 heterocycles. The molecule has 1 radical (unpaired) electrons. The first kappa shape index (κ1) is 6.59. The van der Waals surface area contributed by atoms with E-state index < -0.39 is 6.23 Å². The van der Waals surface area contributed by atoms with Gasteiger partial charge >= 0.3 is 0 Å². The van der Waals surface area contributed by atoms with Crippen molar-refractivity contribution >= 4 is 6.29 Å². The SMILES string of the molecule is CC(O)NC[C]=O. The lowest BCUT2D eigenvalue weighted by molar-refractivity contribution is 0.163. The summed E-state index contributed by atoms with van der Waals surface area (Å²) in [5.41, 5.74) is 0. The van der Waals surface area contributed by atoms with Crippen LogP contribution in [0.25, 0.3) is 0 Å². The molecule has 3 nitrogen and oxygen atoms in total. The Hall–Kier alpha value is -0.410. The molecular weight excluding hydrogens is 94.0 g/mol. The van der Waals surface area contributed by atoms with Gasteiger partial charge in [-0.2, -0.15) is 0 Å². The Bertz CT molecular complexity index is 53.7. The molecule has 0 aliphatic rings. The van der Waals surface area contributed by atoms with Gasteiger partial charge in [-0.1, -0.05) is 0 Å². The van der Waals surface area contributed by atoms with Crippen molar-refractivity contribution in [2.45, 2.75) is 13.2 Å². The quantitative estimate of drug-likeness (QED) is 0.450. The zero-order chi connectivity index (χ0) is 5.70. The normalized spacial score (nSPS) is 13.4. The van der Waals surface area contributed by atoms with Gasteiger partial charge in [-0.15, -0.1) is 0 Å². The van der Waals surface area contributed by atoms with Crippen LogP contribution in [0.5, 0.6) is 0 Å².